The van der Waals surface area contributed by atoms with E-state index in [1.54, 1.807) is 6.07 Å². The summed E-state index contributed by atoms with van der Waals surface area (Å²) in [5.41, 5.74) is 3.47. The first kappa shape index (κ1) is 14.7. The summed E-state index contributed by atoms with van der Waals surface area (Å²) in [5.74, 6) is 1.04. The molecule has 0 N–H and O–H groups in total. The number of aryl methyl sites for hydroxylation is 2. The van der Waals surface area contributed by atoms with Crippen LogP contribution in [-0.2, 0) is 12.4 Å². The van der Waals surface area contributed by atoms with Gasteiger partial charge in [0.1, 0.15) is 11.3 Å². The maximum Gasteiger partial charge on any atom is 0.163 e. The summed E-state index contributed by atoms with van der Waals surface area (Å²) < 4.78 is 3.87. The minimum atomic E-state index is 0.294. The van der Waals surface area contributed by atoms with Gasteiger partial charge in [0.05, 0.1) is 17.3 Å². The number of halogens is 3. The number of imidazole rings is 1. The molecule has 0 amide bonds. The third-order valence-electron chi connectivity index (χ3n) is 3.31. The SMILES string of the molecule is CCn1nc(C)c2nc(CCl)n(-c3cc(Cl)cc(Cl)c3)c21. The van der Waals surface area contributed by atoms with Gasteiger partial charge in [-0.05, 0) is 32.0 Å². The van der Waals surface area contributed by atoms with Gasteiger partial charge in [-0.2, -0.15) is 5.10 Å². The van der Waals surface area contributed by atoms with Gasteiger partial charge in [0.15, 0.2) is 5.65 Å². The molecule has 110 valence electrons. The number of alkyl halides is 1. The van der Waals surface area contributed by atoms with E-state index < -0.39 is 0 Å². The van der Waals surface area contributed by atoms with Crippen LogP contribution in [0.5, 0.6) is 0 Å². The van der Waals surface area contributed by atoms with Gasteiger partial charge >= 0.3 is 0 Å². The minimum absolute atomic E-state index is 0.294. The van der Waals surface area contributed by atoms with Gasteiger partial charge in [0.2, 0.25) is 0 Å². The van der Waals surface area contributed by atoms with Crippen LogP contribution in [0.4, 0.5) is 0 Å². The summed E-state index contributed by atoms with van der Waals surface area (Å²) >= 11 is 18.3. The van der Waals surface area contributed by atoms with Gasteiger partial charge in [0, 0.05) is 16.6 Å². The quantitative estimate of drug-likeness (QED) is 0.652. The number of nitrogens with zero attached hydrogens (tertiary/aromatic N) is 4. The van der Waals surface area contributed by atoms with Gasteiger partial charge in [-0.25, -0.2) is 9.67 Å². The van der Waals surface area contributed by atoms with Crippen LogP contribution >= 0.6 is 34.8 Å². The van der Waals surface area contributed by atoms with E-state index in [9.17, 15) is 0 Å². The second-order valence-electron chi connectivity index (χ2n) is 4.70. The van der Waals surface area contributed by atoms with Crippen LogP contribution < -0.4 is 0 Å². The lowest BCUT2D eigenvalue weighted by Gasteiger charge is -2.10. The Morgan fingerprint density at radius 2 is 1.81 bits per heavy atom. The highest BCUT2D eigenvalue weighted by molar-refractivity contribution is 6.34. The molecule has 0 aliphatic rings. The number of hydrogen-bond donors (Lipinski definition) is 0. The zero-order valence-electron chi connectivity index (χ0n) is 11.6. The first-order valence-electron chi connectivity index (χ1n) is 6.52. The van der Waals surface area contributed by atoms with Crippen molar-refractivity contribution in [1.82, 2.24) is 19.3 Å². The zero-order valence-corrected chi connectivity index (χ0v) is 13.8. The highest BCUT2D eigenvalue weighted by Gasteiger charge is 2.19. The summed E-state index contributed by atoms with van der Waals surface area (Å²) in [6.07, 6.45) is 0. The first-order chi connectivity index (χ1) is 10.0. The maximum absolute atomic E-state index is 6.12. The Bertz CT molecular complexity index is 799. The molecule has 0 saturated carbocycles. The zero-order chi connectivity index (χ0) is 15.1. The Labute approximate surface area is 137 Å². The van der Waals surface area contributed by atoms with Gasteiger partial charge in [-0.1, -0.05) is 23.2 Å². The fraction of sp³-hybridized carbons (Fsp3) is 0.286. The molecule has 2 heterocycles. The van der Waals surface area contributed by atoms with Crippen LogP contribution in [0, 0.1) is 6.92 Å². The van der Waals surface area contributed by atoms with Crippen LogP contribution in [-0.4, -0.2) is 19.3 Å². The molecular weight excluding hydrogens is 331 g/mol. The number of aromatic nitrogens is 4. The van der Waals surface area contributed by atoms with Crippen molar-refractivity contribution >= 4 is 46.0 Å². The Hall–Kier alpha value is -1.23. The van der Waals surface area contributed by atoms with Crippen molar-refractivity contribution in [3.05, 3.63) is 39.8 Å². The summed E-state index contributed by atoms with van der Waals surface area (Å²) in [4.78, 5) is 4.60. The van der Waals surface area contributed by atoms with Crippen molar-refractivity contribution in [2.45, 2.75) is 26.3 Å². The van der Waals surface area contributed by atoms with Gasteiger partial charge in [-0.3, -0.25) is 4.57 Å². The molecule has 0 saturated heterocycles. The van der Waals surface area contributed by atoms with Crippen molar-refractivity contribution in [1.29, 1.82) is 0 Å². The highest BCUT2D eigenvalue weighted by atomic mass is 35.5. The largest absolute Gasteiger partial charge is 0.280 e. The molecule has 0 atom stereocenters. The standard InChI is InChI=1S/C14H13Cl3N4/c1-3-20-14-13(8(2)19-20)18-12(7-15)21(14)11-5-9(16)4-10(17)6-11/h4-6H,3,7H2,1-2H3. The lowest BCUT2D eigenvalue weighted by molar-refractivity contribution is 0.660. The van der Waals surface area contributed by atoms with Crippen molar-refractivity contribution in [2.75, 3.05) is 0 Å². The van der Waals surface area contributed by atoms with E-state index in [2.05, 4.69) is 10.1 Å². The summed E-state index contributed by atoms with van der Waals surface area (Å²) in [6.45, 7) is 4.72. The number of hydrogen-bond acceptors (Lipinski definition) is 2. The Balaban J connectivity index is 2.38. The summed E-state index contributed by atoms with van der Waals surface area (Å²) in [7, 11) is 0. The molecule has 0 unspecified atom stereocenters. The van der Waals surface area contributed by atoms with Crippen LogP contribution in [0.3, 0.4) is 0 Å². The third kappa shape index (κ3) is 2.41. The van der Waals surface area contributed by atoms with E-state index in [-0.39, 0.29) is 0 Å². The van der Waals surface area contributed by atoms with Crippen LogP contribution in [0.1, 0.15) is 18.4 Å². The van der Waals surface area contributed by atoms with Crippen molar-refractivity contribution in [3.8, 4) is 5.69 Å². The maximum atomic E-state index is 6.12. The molecular formula is C14H13Cl3N4. The fourth-order valence-electron chi connectivity index (χ4n) is 2.46. The minimum Gasteiger partial charge on any atom is -0.280 e. The molecule has 7 heteroatoms. The van der Waals surface area contributed by atoms with E-state index in [4.69, 9.17) is 34.8 Å². The van der Waals surface area contributed by atoms with E-state index in [0.717, 1.165) is 34.9 Å². The van der Waals surface area contributed by atoms with E-state index in [1.165, 1.54) is 0 Å². The molecule has 0 radical (unpaired) electrons. The predicted molar refractivity (Wildman–Crippen MR) is 86.8 cm³/mol. The second-order valence-corrected chi connectivity index (χ2v) is 5.84. The van der Waals surface area contributed by atoms with Crippen LogP contribution in [0.2, 0.25) is 10.0 Å². The van der Waals surface area contributed by atoms with E-state index in [1.807, 2.05) is 35.2 Å². The molecule has 2 aromatic heterocycles. The Morgan fingerprint density at radius 3 is 2.38 bits per heavy atom. The van der Waals surface area contributed by atoms with Crippen LogP contribution in [0.15, 0.2) is 18.2 Å². The van der Waals surface area contributed by atoms with E-state index in [0.29, 0.717) is 15.9 Å². The second kappa shape index (κ2) is 5.52. The van der Waals surface area contributed by atoms with Gasteiger partial charge < -0.3 is 0 Å². The van der Waals surface area contributed by atoms with E-state index >= 15 is 0 Å². The molecule has 4 nitrogen and oxygen atoms in total. The van der Waals surface area contributed by atoms with Gasteiger partial charge in [0.25, 0.3) is 0 Å². The van der Waals surface area contributed by atoms with Crippen molar-refractivity contribution < 1.29 is 0 Å². The number of fused-ring (bicyclic) bond motifs is 1. The molecule has 0 aliphatic heterocycles. The molecule has 0 aliphatic carbocycles. The summed E-state index contributed by atoms with van der Waals surface area (Å²) in [5, 5.41) is 5.64. The molecule has 0 fully saturated rings. The average Bonchev–Trinajstić information content (AvgIpc) is 2.95. The highest BCUT2D eigenvalue weighted by Crippen LogP contribution is 2.28. The number of rotatable bonds is 3. The van der Waals surface area contributed by atoms with Gasteiger partial charge in [-0.15, -0.1) is 11.6 Å². The predicted octanol–water partition coefficient (Wildman–Crippen LogP) is 4.60. The molecule has 3 rings (SSSR count). The third-order valence-corrected chi connectivity index (χ3v) is 3.98. The molecule has 3 aromatic rings. The van der Waals surface area contributed by atoms with Crippen LogP contribution in [0.25, 0.3) is 16.9 Å². The molecule has 21 heavy (non-hydrogen) atoms. The summed E-state index contributed by atoms with van der Waals surface area (Å²) in [6, 6.07) is 5.38. The lowest BCUT2D eigenvalue weighted by atomic mass is 10.3. The smallest absolute Gasteiger partial charge is 0.163 e. The van der Waals surface area contributed by atoms with Crippen molar-refractivity contribution in [3.63, 3.8) is 0 Å². The molecule has 1 aromatic carbocycles. The molecule has 0 spiro atoms. The normalized spacial score (nSPS) is 11.5. The monoisotopic (exact) mass is 342 g/mol. The Morgan fingerprint density at radius 1 is 1.14 bits per heavy atom. The average molecular weight is 344 g/mol. The first-order valence-corrected chi connectivity index (χ1v) is 7.81. The fourth-order valence-corrected chi connectivity index (χ4v) is 3.16. The van der Waals surface area contributed by atoms with Crippen molar-refractivity contribution in [2.24, 2.45) is 0 Å². The lowest BCUT2D eigenvalue weighted by Crippen LogP contribution is -2.06. The Kier molecular flexibility index (Phi) is 3.86. The molecule has 0 bridgehead atoms. The topological polar surface area (TPSA) is 35.6 Å². The number of benzene rings is 1.